The summed E-state index contributed by atoms with van der Waals surface area (Å²) in [6, 6.07) is 5.11. The van der Waals surface area contributed by atoms with Gasteiger partial charge in [0.1, 0.15) is 11.8 Å². The summed E-state index contributed by atoms with van der Waals surface area (Å²) in [6.45, 7) is 3.51. The number of halogens is 3. The third-order valence-electron chi connectivity index (χ3n) is 3.44. The summed E-state index contributed by atoms with van der Waals surface area (Å²) in [4.78, 5) is 1.64. The molecule has 1 N–H and O–H groups in total. The van der Waals surface area contributed by atoms with Crippen molar-refractivity contribution in [3.63, 3.8) is 0 Å². The molecule has 114 valence electrons. The molecule has 1 fully saturated rings. The Labute approximate surface area is 120 Å². The van der Waals surface area contributed by atoms with Gasteiger partial charge in [-0.1, -0.05) is 0 Å². The monoisotopic (exact) mass is 300 g/mol. The minimum absolute atomic E-state index is 0.206. The normalized spacial score (nSPS) is 21.4. The van der Waals surface area contributed by atoms with Crippen LogP contribution in [0.15, 0.2) is 18.2 Å². The van der Waals surface area contributed by atoms with Crippen molar-refractivity contribution in [1.29, 1.82) is 5.26 Å². The van der Waals surface area contributed by atoms with E-state index in [0.29, 0.717) is 5.69 Å². The first-order valence-corrected chi connectivity index (χ1v) is 6.36. The minimum Gasteiger partial charge on any atom is -0.394 e. The van der Waals surface area contributed by atoms with Crippen LogP contribution in [0.2, 0.25) is 0 Å². The number of benzene rings is 1. The molecule has 0 spiro atoms. The summed E-state index contributed by atoms with van der Waals surface area (Å²) < 4.78 is 44.6. The van der Waals surface area contributed by atoms with Crippen molar-refractivity contribution in [3.8, 4) is 6.07 Å². The fraction of sp³-hybridized carbons (Fsp3) is 0.500. The Bertz CT molecular complexity index is 579. The summed E-state index contributed by atoms with van der Waals surface area (Å²) in [5.74, 6) is 0. The lowest BCUT2D eigenvalue weighted by molar-refractivity contribution is -0.137. The van der Waals surface area contributed by atoms with Gasteiger partial charge in [0.25, 0.3) is 0 Å². The molecule has 1 aliphatic rings. The Kier molecular flexibility index (Phi) is 3.87. The van der Waals surface area contributed by atoms with E-state index in [4.69, 9.17) is 15.1 Å². The van der Waals surface area contributed by atoms with E-state index in [1.807, 2.05) is 0 Å². The van der Waals surface area contributed by atoms with Gasteiger partial charge in [0.05, 0.1) is 23.8 Å². The van der Waals surface area contributed by atoms with E-state index in [-0.39, 0.29) is 13.2 Å². The predicted octanol–water partition coefficient (Wildman–Crippen LogP) is 2.51. The third kappa shape index (κ3) is 2.96. The first-order chi connectivity index (χ1) is 9.69. The molecular formula is C14H15F3N2O2. The highest BCUT2D eigenvalue weighted by Crippen LogP contribution is 2.38. The summed E-state index contributed by atoms with van der Waals surface area (Å²) in [5, 5.41) is 18.0. The number of alkyl halides is 3. The van der Waals surface area contributed by atoms with Crippen LogP contribution in [-0.2, 0) is 10.9 Å². The molecule has 1 aromatic carbocycles. The lowest BCUT2D eigenvalue weighted by Gasteiger charge is -2.32. The second kappa shape index (κ2) is 5.20. The van der Waals surface area contributed by atoms with Crippen LogP contribution >= 0.6 is 0 Å². The van der Waals surface area contributed by atoms with Gasteiger partial charge in [-0.2, -0.15) is 18.4 Å². The molecule has 0 amide bonds. The summed E-state index contributed by atoms with van der Waals surface area (Å²) in [7, 11) is 0. The van der Waals surface area contributed by atoms with Crippen molar-refractivity contribution < 1.29 is 23.0 Å². The fourth-order valence-corrected chi connectivity index (χ4v) is 2.48. The zero-order chi connectivity index (χ0) is 15.8. The van der Waals surface area contributed by atoms with Crippen molar-refractivity contribution in [2.45, 2.75) is 31.9 Å². The van der Waals surface area contributed by atoms with Crippen LogP contribution in [-0.4, -0.2) is 30.1 Å². The lowest BCUT2D eigenvalue weighted by Crippen LogP contribution is -2.39. The van der Waals surface area contributed by atoms with Gasteiger partial charge in [0, 0.05) is 12.2 Å². The molecule has 1 saturated heterocycles. The van der Waals surface area contributed by atoms with Crippen molar-refractivity contribution in [2.75, 3.05) is 18.1 Å². The molecular weight excluding hydrogens is 285 g/mol. The Morgan fingerprint density at radius 1 is 1.48 bits per heavy atom. The molecule has 1 aromatic rings. The fourth-order valence-electron chi connectivity index (χ4n) is 2.48. The Morgan fingerprint density at radius 2 is 2.14 bits per heavy atom. The summed E-state index contributed by atoms with van der Waals surface area (Å²) >= 11 is 0. The van der Waals surface area contributed by atoms with E-state index in [1.165, 1.54) is 6.07 Å². The van der Waals surface area contributed by atoms with E-state index < -0.39 is 29.1 Å². The molecule has 0 radical (unpaired) electrons. The predicted molar refractivity (Wildman–Crippen MR) is 69.5 cm³/mol. The van der Waals surface area contributed by atoms with Gasteiger partial charge in [-0.25, -0.2) is 0 Å². The maximum atomic E-state index is 13.0. The number of rotatable bonds is 2. The van der Waals surface area contributed by atoms with Gasteiger partial charge in [-0.15, -0.1) is 0 Å². The average Bonchev–Trinajstić information content (AvgIpc) is 2.72. The highest BCUT2D eigenvalue weighted by molar-refractivity contribution is 5.56. The summed E-state index contributed by atoms with van der Waals surface area (Å²) in [6.07, 6.45) is -5.05. The van der Waals surface area contributed by atoms with Crippen molar-refractivity contribution >= 4 is 5.69 Å². The minimum atomic E-state index is -4.60. The van der Waals surface area contributed by atoms with Gasteiger partial charge in [0.2, 0.25) is 0 Å². The van der Waals surface area contributed by atoms with Crippen molar-refractivity contribution in [3.05, 3.63) is 29.3 Å². The molecule has 4 nitrogen and oxygen atoms in total. The van der Waals surface area contributed by atoms with Gasteiger partial charge in [0.15, 0.2) is 0 Å². The second-order valence-electron chi connectivity index (χ2n) is 5.32. The summed E-state index contributed by atoms with van der Waals surface area (Å²) in [5.41, 5.74) is -1.90. The number of hydrogen-bond acceptors (Lipinski definition) is 4. The molecule has 0 aliphatic carbocycles. The van der Waals surface area contributed by atoms with E-state index in [0.717, 1.165) is 12.1 Å². The van der Waals surface area contributed by atoms with Crippen molar-refractivity contribution in [2.24, 2.45) is 0 Å². The largest absolute Gasteiger partial charge is 0.417 e. The van der Waals surface area contributed by atoms with Crippen LogP contribution in [0.5, 0.6) is 0 Å². The first-order valence-electron chi connectivity index (χ1n) is 6.36. The average molecular weight is 300 g/mol. The smallest absolute Gasteiger partial charge is 0.394 e. The molecule has 0 saturated carbocycles. The van der Waals surface area contributed by atoms with Crippen LogP contribution in [0.4, 0.5) is 18.9 Å². The number of hydrogen-bond donors (Lipinski definition) is 1. The molecule has 0 unspecified atom stereocenters. The van der Waals surface area contributed by atoms with Crippen LogP contribution in [0, 0.1) is 11.3 Å². The molecule has 0 bridgehead atoms. The SMILES string of the molecule is CC1(C)O[C@H](CO)CN1c1ccc(C#N)c(C(F)(F)F)c1. The van der Waals surface area contributed by atoms with Gasteiger partial charge in [-0.05, 0) is 32.0 Å². The molecule has 7 heteroatoms. The number of ether oxygens (including phenoxy) is 1. The number of anilines is 1. The number of nitrogens with zero attached hydrogens (tertiary/aromatic N) is 2. The van der Waals surface area contributed by atoms with Gasteiger partial charge >= 0.3 is 6.18 Å². The Hall–Kier alpha value is -1.78. The lowest BCUT2D eigenvalue weighted by atomic mass is 10.1. The molecule has 1 aliphatic heterocycles. The maximum absolute atomic E-state index is 13.0. The molecule has 2 rings (SSSR count). The number of nitriles is 1. The van der Waals surface area contributed by atoms with Crippen molar-refractivity contribution in [1.82, 2.24) is 0 Å². The van der Waals surface area contributed by atoms with Gasteiger partial charge < -0.3 is 14.7 Å². The topological polar surface area (TPSA) is 56.5 Å². The zero-order valence-electron chi connectivity index (χ0n) is 11.6. The Morgan fingerprint density at radius 3 is 2.62 bits per heavy atom. The number of aliphatic hydroxyl groups is 1. The van der Waals surface area contributed by atoms with Crippen LogP contribution in [0.1, 0.15) is 25.0 Å². The maximum Gasteiger partial charge on any atom is 0.417 e. The second-order valence-corrected chi connectivity index (χ2v) is 5.32. The third-order valence-corrected chi connectivity index (χ3v) is 3.44. The molecule has 0 aromatic heterocycles. The van der Waals surface area contributed by atoms with Crippen LogP contribution in [0.3, 0.4) is 0 Å². The standard InChI is InChI=1S/C14H15F3N2O2/c1-13(2)19(7-11(8-20)21-13)10-4-3-9(6-18)12(5-10)14(15,16)17/h3-5,11,20H,7-8H2,1-2H3/t11-/m0/s1. The highest BCUT2D eigenvalue weighted by atomic mass is 19.4. The quantitative estimate of drug-likeness (QED) is 0.912. The molecule has 1 atom stereocenters. The van der Waals surface area contributed by atoms with E-state index in [9.17, 15) is 13.2 Å². The Balaban J connectivity index is 2.44. The van der Waals surface area contributed by atoms with E-state index in [1.54, 1.807) is 24.8 Å². The van der Waals surface area contributed by atoms with E-state index >= 15 is 0 Å². The molecule has 1 heterocycles. The van der Waals surface area contributed by atoms with Crippen LogP contribution in [0.25, 0.3) is 0 Å². The van der Waals surface area contributed by atoms with E-state index in [2.05, 4.69) is 0 Å². The molecule has 21 heavy (non-hydrogen) atoms. The van der Waals surface area contributed by atoms with Gasteiger partial charge in [-0.3, -0.25) is 0 Å². The van der Waals surface area contributed by atoms with Crippen LogP contribution < -0.4 is 4.90 Å². The first kappa shape index (κ1) is 15.6. The zero-order valence-corrected chi connectivity index (χ0v) is 11.6. The number of aliphatic hydroxyl groups excluding tert-OH is 1. The highest BCUT2D eigenvalue weighted by Gasteiger charge is 2.41.